The lowest BCUT2D eigenvalue weighted by Crippen LogP contribution is -2.16. The van der Waals surface area contributed by atoms with E-state index in [4.69, 9.17) is 0 Å². The Balaban J connectivity index is 2.51. The van der Waals surface area contributed by atoms with Crippen LogP contribution >= 0.6 is 0 Å². The summed E-state index contributed by atoms with van der Waals surface area (Å²) in [6.07, 6.45) is 5.22. The standard InChI is InChI=1S/C13H19N3/c1-4-10(8-14-2)11-9-16(3)12-6-5-7-15-13(11)12/h5-7,9-10,14H,4,8H2,1-3H3. The number of hydrogen-bond acceptors (Lipinski definition) is 2. The van der Waals surface area contributed by atoms with Gasteiger partial charge in [-0.1, -0.05) is 6.92 Å². The lowest BCUT2D eigenvalue weighted by Gasteiger charge is -2.12. The second-order valence-electron chi connectivity index (χ2n) is 4.23. The van der Waals surface area contributed by atoms with E-state index < -0.39 is 0 Å². The summed E-state index contributed by atoms with van der Waals surface area (Å²) in [6.45, 7) is 3.23. The summed E-state index contributed by atoms with van der Waals surface area (Å²) in [5.74, 6) is 0.545. The Morgan fingerprint density at radius 3 is 3.00 bits per heavy atom. The van der Waals surface area contributed by atoms with Crippen LogP contribution in [-0.2, 0) is 7.05 Å². The predicted octanol–water partition coefficient (Wildman–Crippen LogP) is 2.29. The van der Waals surface area contributed by atoms with Gasteiger partial charge in [-0.05, 0) is 31.5 Å². The zero-order valence-electron chi connectivity index (χ0n) is 10.2. The number of aromatic nitrogens is 2. The van der Waals surface area contributed by atoms with Crippen LogP contribution in [0.2, 0.25) is 0 Å². The Hall–Kier alpha value is -1.35. The van der Waals surface area contributed by atoms with Crippen LogP contribution in [-0.4, -0.2) is 23.1 Å². The molecule has 0 aliphatic heterocycles. The van der Waals surface area contributed by atoms with Crippen molar-refractivity contribution in [3.8, 4) is 0 Å². The minimum Gasteiger partial charge on any atom is -0.349 e. The van der Waals surface area contributed by atoms with Crippen LogP contribution in [0.25, 0.3) is 11.0 Å². The first-order chi connectivity index (χ1) is 7.77. The normalized spacial score (nSPS) is 13.2. The molecule has 2 heterocycles. The van der Waals surface area contributed by atoms with Gasteiger partial charge in [0.25, 0.3) is 0 Å². The van der Waals surface area contributed by atoms with Crippen LogP contribution in [0, 0.1) is 0 Å². The molecule has 0 aromatic carbocycles. The molecule has 0 fully saturated rings. The van der Waals surface area contributed by atoms with E-state index in [-0.39, 0.29) is 0 Å². The van der Waals surface area contributed by atoms with Gasteiger partial charge in [-0.3, -0.25) is 4.98 Å². The zero-order chi connectivity index (χ0) is 11.5. The Morgan fingerprint density at radius 1 is 1.50 bits per heavy atom. The third kappa shape index (κ3) is 1.83. The minimum absolute atomic E-state index is 0.545. The molecule has 0 radical (unpaired) electrons. The fraction of sp³-hybridized carbons (Fsp3) is 0.462. The number of nitrogens with zero attached hydrogens (tertiary/aromatic N) is 2. The molecular formula is C13H19N3. The first-order valence-corrected chi connectivity index (χ1v) is 5.82. The molecule has 16 heavy (non-hydrogen) atoms. The van der Waals surface area contributed by atoms with Crippen LogP contribution in [0.1, 0.15) is 24.8 Å². The third-order valence-corrected chi connectivity index (χ3v) is 3.16. The molecule has 2 aromatic rings. The Bertz CT molecular complexity index is 473. The van der Waals surface area contributed by atoms with E-state index in [0.717, 1.165) is 18.5 Å². The van der Waals surface area contributed by atoms with Gasteiger partial charge >= 0.3 is 0 Å². The van der Waals surface area contributed by atoms with Gasteiger partial charge in [0.15, 0.2) is 0 Å². The van der Waals surface area contributed by atoms with Crippen molar-refractivity contribution in [3.05, 3.63) is 30.1 Å². The van der Waals surface area contributed by atoms with Crippen LogP contribution in [0.5, 0.6) is 0 Å². The number of aryl methyl sites for hydroxylation is 1. The fourth-order valence-corrected chi connectivity index (χ4v) is 2.26. The highest BCUT2D eigenvalue weighted by Gasteiger charge is 2.15. The SMILES string of the molecule is CCC(CNC)c1cn(C)c2cccnc12. The zero-order valence-corrected chi connectivity index (χ0v) is 10.2. The quantitative estimate of drug-likeness (QED) is 0.851. The molecule has 0 aliphatic rings. The van der Waals surface area contributed by atoms with Crippen molar-refractivity contribution >= 4 is 11.0 Å². The molecule has 3 heteroatoms. The van der Waals surface area contributed by atoms with Crippen LogP contribution in [0.3, 0.4) is 0 Å². The summed E-state index contributed by atoms with van der Waals surface area (Å²) in [7, 11) is 4.08. The van der Waals surface area contributed by atoms with Crippen molar-refractivity contribution in [3.63, 3.8) is 0 Å². The van der Waals surface area contributed by atoms with Crippen LogP contribution < -0.4 is 5.32 Å². The fourth-order valence-electron chi connectivity index (χ4n) is 2.26. The molecule has 1 unspecified atom stereocenters. The summed E-state index contributed by atoms with van der Waals surface area (Å²) in [5.41, 5.74) is 3.72. The molecular weight excluding hydrogens is 198 g/mol. The molecule has 86 valence electrons. The summed E-state index contributed by atoms with van der Waals surface area (Å²) >= 11 is 0. The van der Waals surface area contributed by atoms with Gasteiger partial charge in [-0.2, -0.15) is 0 Å². The largest absolute Gasteiger partial charge is 0.349 e. The van der Waals surface area contributed by atoms with Gasteiger partial charge in [-0.25, -0.2) is 0 Å². The molecule has 0 amide bonds. The monoisotopic (exact) mass is 217 g/mol. The molecule has 0 saturated heterocycles. The molecule has 3 nitrogen and oxygen atoms in total. The van der Waals surface area contributed by atoms with Gasteiger partial charge < -0.3 is 9.88 Å². The molecule has 1 N–H and O–H groups in total. The summed E-state index contributed by atoms with van der Waals surface area (Å²) in [5, 5.41) is 3.25. The molecule has 0 bridgehead atoms. The minimum atomic E-state index is 0.545. The number of likely N-dealkylation sites (N-methyl/N-ethyl adjacent to an activating group) is 1. The van der Waals surface area contributed by atoms with Gasteiger partial charge in [0.2, 0.25) is 0 Å². The van der Waals surface area contributed by atoms with E-state index >= 15 is 0 Å². The van der Waals surface area contributed by atoms with E-state index in [1.54, 1.807) is 0 Å². The second-order valence-corrected chi connectivity index (χ2v) is 4.23. The number of rotatable bonds is 4. The second kappa shape index (κ2) is 4.66. The van der Waals surface area contributed by atoms with Crippen molar-refractivity contribution in [2.45, 2.75) is 19.3 Å². The number of hydrogen-bond donors (Lipinski definition) is 1. The molecule has 1 atom stereocenters. The van der Waals surface area contributed by atoms with Gasteiger partial charge in [-0.15, -0.1) is 0 Å². The van der Waals surface area contributed by atoms with E-state index in [1.165, 1.54) is 11.1 Å². The maximum absolute atomic E-state index is 4.50. The van der Waals surface area contributed by atoms with E-state index in [2.05, 4.69) is 41.1 Å². The lowest BCUT2D eigenvalue weighted by molar-refractivity contribution is 0.613. The Labute approximate surface area is 96.5 Å². The van der Waals surface area contributed by atoms with Crippen molar-refractivity contribution in [1.82, 2.24) is 14.9 Å². The smallest absolute Gasteiger partial charge is 0.0916 e. The highest BCUT2D eigenvalue weighted by molar-refractivity contribution is 5.80. The van der Waals surface area contributed by atoms with Gasteiger partial charge in [0, 0.05) is 31.5 Å². The topological polar surface area (TPSA) is 29.9 Å². The maximum atomic E-state index is 4.50. The molecule has 2 rings (SSSR count). The van der Waals surface area contributed by atoms with Crippen LogP contribution in [0.4, 0.5) is 0 Å². The summed E-state index contributed by atoms with van der Waals surface area (Å²) in [6, 6.07) is 4.11. The summed E-state index contributed by atoms with van der Waals surface area (Å²) in [4.78, 5) is 4.50. The molecule has 0 aliphatic carbocycles. The first kappa shape index (κ1) is 11.1. The van der Waals surface area contributed by atoms with Crippen molar-refractivity contribution in [2.75, 3.05) is 13.6 Å². The third-order valence-electron chi connectivity index (χ3n) is 3.16. The Morgan fingerprint density at radius 2 is 2.31 bits per heavy atom. The number of nitrogens with one attached hydrogen (secondary N) is 1. The van der Waals surface area contributed by atoms with Gasteiger partial charge in [0.1, 0.15) is 0 Å². The molecule has 2 aromatic heterocycles. The predicted molar refractivity (Wildman–Crippen MR) is 67.7 cm³/mol. The average Bonchev–Trinajstić information content (AvgIpc) is 2.65. The first-order valence-electron chi connectivity index (χ1n) is 5.82. The highest BCUT2D eigenvalue weighted by atomic mass is 14.9. The van der Waals surface area contributed by atoms with Crippen molar-refractivity contribution < 1.29 is 0 Å². The lowest BCUT2D eigenvalue weighted by atomic mass is 9.98. The van der Waals surface area contributed by atoms with Crippen LogP contribution in [0.15, 0.2) is 24.5 Å². The number of fused-ring (bicyclic) bond motifs is 1. The van der Waals surface area contributed by atoms with Crippen molar-refractivity contribution in [1.29, 1.82) is 0 Å². The van der Waals surface area contributed by atoms with Gasteiger partial charge in [0.05, 0.1) is 11.0 Å². The van der Waals surface area contributed by atoms with E-state index in [1.807, 2.05) is 19.3 Å². The van der Waals surface area contributed by atoms with E-state index in [9.17, 15) is 0 Å². The molecule has 0 saturated carbocycles. The highest BCUT2D eigenvalue weighted by Crippen LogP contribution is 2.27. The maximum Gasteiger partial charge on any atom is 0.0916 e. The summed E-state index contributed by atoms with van der Waals surface area (Å²) < 4.78 is 2.16. The van der Waals surface area contributed by atoms with Crippen molar-refractivity contribution in [2.24, 2.45) is 7.05 Å². The number of pyridine rings is 1. The van der Waals surface area contributed by atoms with E-state index in [0.29, 0.717) is 5.92 Å². The Kier molecular flexibility index (Phi) is 3.25. The average molecular weight is 217 g/mol. The molecule has 0 spiro atoms.